The molecule has 0 fully saturated rings. The van der Waals surface area contributed by atoms with Gasteiger partial charge in [0.25, 0.3) is 0 Å². The molecule has 2 aromatic rings. The highest BCUT2D eigenvalue weighted by atomic mass is 79.9. The summed E-state index contributed by atoms with van der Waals surface area (Å²) in [7, 11) is 1.49. The summed E-state index contributed by atoms with van der Waals surface area (Å²) in [4.78, 5) is 0. The van der Waals surface area contributed by atoms with Crippen molar-refractivity contribution in [2.75, 3.05) is 7.11 Å². The van der Waals surface area contributed by atoms with Crippen molar-refractivity contribution in [2.24, 2.45) is 0 Å². The summed E-state index contributed by atoms with van der Waals surface area (Å²) in [5.41, 5.74) is 1.85. The Morgan fingerprint density at radius 2 is 1.85 bits per heavy atom. The van der Waals surface area contributed by atoms with Gasteiger partial charge >= 0.3 is 6.18 Å². The zero-order chi connectivity index (χ0) is 19.1. The van der Waals surface area contributed by atoms with E-state index in [1.165, 1.54) is 19.3 Å². The van der Waals surface area contributed by atoms with Crippen molar-refractivity contribution in [3.63, 3.8) is 0 Å². The van der Waals surface area contributed by atoms with E-state index in [1.807, 2.05) is 6.07 Å². The molecule has 0 bridgehead atoms. The fourth-order valence-electron chi connectivity index (χ4n) is 2.70. The molecule has 2 aromatic carbocycles. The number of fused-ring (bicyclic) bond motifs is 1. The molecule has 138 valence electrons. The fourth-order valence-corrected chi connectivity index (χ4v) is 3.89. The highest BCUT2D eigenvalue weighted by molar-refractivity contribution is 9.10. The molecule has 0 saturated heterocycles. The quantitative estimate of drug-likeness (QED) is 0.500. The van der Waals surface area contributed by atoms with Crippen LogP contribution in [0.3, 0.4) is 0 Å². The molecular formula is C18H12BrCl2F3O2. The zero-order valence-electron chi connectivity index (χ0n) is 13.3. The number of methoxy groups -OCH3 is 1. The second-order valence-electron chi connectivity index (χ2n) is 5.68. The van der Waals surface area contributed by atoms with Crippen LogP contribution in [0.5, 0.6) is 11.5 Å². The molecule has 3 rings (SSSR count). The first-order valence-corrected chi connectivity index (χ1v) is 9.00. The first kappa shape index (κ1) is 19.4. The molecule has 8 heteroatoms. The number of alkyl halides is 3. The first-order chi connectivity index (χ1) is 12.2. The largest absolute Gasteiger partial charge is 0.495 e. The monoisotopic (exact) mass is 466 g/mol. The molecule has 0 aliphatic carbocycles. The summed E-state index contributed by atoms with van der Waals surface area (Å²) in [5, 5.41) is 0.836. The lowest BCUT2D eigenvalue weighted by molar-refractivity contribution is -0.180. The van der Waals surface area contributed by atoms with E-state index in [2.05, 4.69) is 15.9 Å². The Kier molecular flexibility index (Phi) is 5.47. The Hall–Kier alpha value is -1.37. The van der Waals surface area contributed by atoms with Crippen LogP contribution in [0.25, 0.3) is 6.08 Å². The van der Waals surface area contributed by atoms with Gasteiger partial charge in [0, 0.05) is 27.0 Å². The summed E-state index contributed by atoms with van der Waals surface area (Å²) < 4.78 is 49.9. The van der Waals surface area contributed by atoms with Gasteiger partial charge in [-0.05, 0) is 35.9 Å². The topological polar surface area (TPSA) is 18.5 Å². The zero-order valence-corrected chi connectivity index (χ0v) is 16.4. The minimum Gasteiger partial charge on any atom is -0.495 e. The molecule has 1 aliphatic rings. The third-order valence-electron chi connectivity index (χ3n) is 3.88. The van der Waals surface area contributed by atoms with E-state index in [9.17, 15) is 13.2 Å². The van der Waals surface area contributed by atoms with Crippen LogP contribution in [0.15, 0.2) is 34.8 Å². The van der Waals surface area contributed by atoms with Crippen molar-refractivity contribution in [1.82, 2.24) is 0 Å². The molecule has 1 unspecified atom stereocenters. The van der Waals surface area contributed by atoms with Gasteiger partial charge < -0.3 is 9.47 Å². The van der Waals surface area contributed by atoms with Gasteiger partial charge in [-0.15, -0.1) is 0 Å². The van der Waals surface area contributed by atoms with E-state index in [0.717, 1.165) is 16.1 Å². The maximum absolute atomic E-state index is 12.9. The predicted molar refractivity (Wildman–Crippen MR) is 99.5 cm³/mol. The van der Waals surface area contributed by atoms with Crippen molar-refractivity contribution in [3.8, 4) is 11.5 Å². The lowest BCUT2D eigenvalue weighted by Crippen LogP contribution is -2.33. The lowest BCUT2D eigenvalue weighted by Gasteiger charge is -2.24. The number of ether oxygens (including phenoxy) is 2. The van der Waals surface area contributed by atoms with Gasteiger partial charge in [0.1, 0.15) is 11.5 Å². The number of hydrogen-bond donors (Lipinski definition) is 0. The Morgan fingerprint density at radius 1 is 1.12 bits per heavy atom. The average Bonchev–Trinajstić information content (AvgIpc) is 2.54. The average molecular weight is 468 g/mol. The van der Waals surface area contributed by atoms with Crippen LogP contribution in [0.4, 0.5) is 13.2 Å². The van der Waals surface area contributed by atoms with E-state index >= 15 is 0 Å². The SMILES string of the molecule is COc1c(Cl)cc(Br)cc1Cc1cc2c(cc1Cl)C=CC(C(F)(F)F)O2. The van der Waals surface area contributed by atoms with Gasteiger partial charge in [-0.25, -0.2) is 0 Å². The molecule has 1 atom stereocenters. The number of rotatable bonds is 3. The third kappa shape index (κ3) is 3.97. The van der Waals surface area contributed by atoms with E-state index in [1.54, 1.807) is 12.1 Å². The van der Waals surface area contributed by atoms with Crippen molar-refractivity contribution in [3.05, 3.63) is 61.5 Å². The summed E-state index contributed by atoms with van der Waals surface area (Å²) in [6, 6.07) is 6.62. The first-order valence-electron chi connectivity index (χ1n) is 7.45. The third-order valence-corrected chi connectivity index (χ3v) is 4.97. The molecule has 0 radical (unpaired) electrons. The van der Waals surface area contributed by atoms with E-state index in [-0.39, 0.29) is 5.75 Å². The van der Waals surface area contributed by atoms with Crippen molar-refractivity contribution < 1.29 is 22.6 Å². The standard InChI is InChI=1S/C18H12BrCl2F3O2/c1-25-17-11(5-12(19)8-14(17)21)4-10-7-15-9(6-13(10)20)2-3-16(26-15)18(22,23)24/h2-3,5-8,16H,4H2,1H3. The summed E-state index contributed by atoms with van der Waals surface area (Å²) >= 11 is 15.9. The van der Waals surface area contributed by atoms with Crippen LogP contribution in [0.2, 0.25) is 10.0 Å². The molecule has 26 heavy (non-hydrogen) atoms. The molecule has 0 spiro atoms. The predicted octanol–water partition coefficient (Wildman–Crippen LogP) is 6.69. The summed E-state index contributed by atoms with van der Waals surface area (Å²) in [6.45, 7) is 0. The lowest BCUT2D eigenvalue weighted by atomic mass is 10.0. The van der Waals surface area contributed by atoms with Gasteiger partial charge in [0.15, 0.2) is 0 Å². The molecule has 1 heterocycles. The fraction of sp³-hybridized carbons (Fsp3) is 0.222. The second kappa shape index (κ2) is 7.33. The van der Waals surface area contributed by atoms with Crippen LogP contribution in [0.1, 0.15) is 16.7 Å². The molecule has 1 aliphatic heterocycles. The van der Waals surface area contributed by atoms with Gasteiger partial charge in [0.05, 0.1) is 12.1 Å². The molecule has 0 N–H and O–H groups in total. The van der Waals surface area contributed by atoms with Crippen LogP contribution < -0.4 is 9.47 Å². The van der Waals surface area contributed by atoms with Gasteiger partial charge in [-0.3, -0.25) is 0 Å². The van der Waals surface area contributed by atoms with Crippen LogP contribution >= 0.6 is 39.1 Å². The highest BCUT2D eigenvalue weighted by Gasteiger charge is 2.41. The van der Waals surface area contributed by atoms with Crippen molar-refractivity contribution in [2.45, 2.75) is 18.7 Å². The minimum absolute atomic E-state index is 0.134. The van der Waals surface area contributed by atoms with Crippen molar-refractivity contribution >= 4 is 45.2 Å². The Bertz CT molecular complexity index is 882. The highest BCUT2D eigenvalue weighted by Crippen LogP contribution is 2.39. The molecule has 0 saturated carbocycles. The summed E-state index contributed by atoms with van der Waals surface area (Å²) in [6.07, 6.45) is -3.80. The maximum atomic E-state index is 12.9. The number of hydrogen-bond acceptors (Lipinski definition) is 2. The molecule has 2 nitrogen and oxygen atoms in total. The Balaban J connectivity index is 1.98. The van der Waals surface area contributed by atoms with Crippen LogP contribution in [-0.4, -0.2) is 19.4 Å². The van der Waals surface area contributed by atoms with E-state index < -0.39 is 12.3 Å². The van der Waals surface area contributed by atoms with Crippen LogP contribution in [-0.2, 0) is 6.42 Å². The summed E-state index contributed by atoms with van der Waals surface area (Å²) in [5.74, 6) is 0.618. The molecule has 0 aromatic heterocycles. The Labute approximate surface area is 166 Å². The van der Waals surface area contributed by atoms with Gasteiger partial charge in [-0.2, -0.15) is 13.2 Å². The van der Waals surface area contributed by atoms with Gasteiger partial charge in [-0.1, -0.05) is 45.2 Å². The smallest absolute Gasteiger partial charge is 0.429 e. The maximum Gasteiger partial charge on any atom is 0.429 e. The normalized spacial score (nSPS) is 16.2. The Morgan fingerprint density at radius 3 is 2.50 bits per heavy atom. The second-order valence-corrected chi connectivity index (χ2v) is 7.41. The van der Waals surface area contributed by atoms with E-state index in [4.69, 9.17) is 32.7 Å². The molecule has 0 amide bonds. The number of halogens is 6. The van der Waals surface area contributed by atoms with Crippen molar-refractivity contribution in [1.29, 1.82) is 0 Å². The van der Waals surface area contributed by atoms with Gasteiger partial charge in [0.2, 0.25) is 6.10 Å². The van der Waals surface area contributed by atoms with Crippen LogP contribution in [0, 0.1) is 0 Å². The van der Waals surface area contributed by atoms with E-state index in [0.29, 0.717) is 33.3 Å². The number of benzene rings is 2. The minimum atomic E-state index is -4.48. The molecular weight excluding hydrogens is 456 g/mol.